The summed E-state index contributed by atoms with van der Waals surface area (Å²) < 4.78 is 35.0. The van der Waals surface area contributed by atoms with Gasteiger partial charge in [0.15, 0.2) is 11.8 Å². The molecule has 10 nitrogen and oxygen atoms in total. The predicted molar refractivity (Wildman–Crippen MR) is 145 cm³/mol. The number of aromatic nitrogens is 4. The van der Waals surface area contributed by atoms with Crippen LogP contribution in [0, 0.1) is 0 Å². The van der Waals surface area contributed by atoms with Gasteiger partial charge < -0.3 is 19.3 Å². The summed E-state index contributed by atoms with van der Waals surface area (Å²) in [6, 6.07) is 16.2. The third kappa shape index (κ3) is 4.94. The second kappa shape index (κ2) is 11.2. The lowest BCUT2D eigenvalue weighted by molar-refractivity contribution is -0.256. The number of carbonyl (C=O) groups excluding carboxylic acids is 2. The van der Waals surface area contributed by atoms with Crippen LogP contribution in [0.4, 0.5) is 4.39 Å². The Labute approximate surface area is 237 Å². The molecule has 208 valence electrons. The van der Waals surface area contributed by atoms with Crippen LogP contribution in [0.5, 0.6) is 0 Å². The zero-order valence-electron chi connectivity index (χ0n) is 21.7. The molecule has 1 aliphatic rings. The molecule has 0 saturated carbocycles. The Balaban J connectivity index is 1.53. The maximum Gasteiger partial charge on any atom is 0.338 e. The van der Waals surface area contributed by atoms with Crippen LogP contribution in [0.15, 0.2) is 77.0 Å². The van der Waals surface area contributed by atoms with Gasteiger partial charge in [0.05, 0.1) is 17.3 Å². The molecule has 1 saturated heterocycles. The van der Waals surface area contributed by atoms with Gasteiger partial charge in [-0.15, -0.1) is 16.9 Å². The van der Waals surface area contributed by atoms with Gasteiger partial charge in [0.2, 0.25) is 10.8 Å². The first-order valence-corrected chi connectivity index (χ1v) is 14.6. The number of hydrogen-bond donors (Lipinski definition) is 1. The lowest BCUT2D eigenvalue weighted by atomic mass is 9.89. The lowest BCUT2D eigenvalue weighted by Crippen LogP contribution is -2.51. The van der Waals surface area contributed by atoms with Crippen molar-refractivity contribution in [1.82, 2.24) is 19.6 Å². The number of hydrogen-bond acceptors (Lipinski definition) is 11. The number of rotatable bonds is 8. The van der Waals surface area contributed by atoms with E-state index in [9.17, 15) is 14.7 Å². The summed E-state index contributed by atoms with van der Waals surface area (Å²) in [5, 5.41) is 17.1. The number of imidazole rings is 1. The van der Waals surface area contributed by atoms with Crippen LogP contribution < -0.4 is 0 Å². The van der Waals surface area contributed by atoms with Gasteiger partial charge in [-0.3, -0.25) is 0 Å². The van der Waals surface area contributed by atoms with E-state index < -0.39 is 42.2 Å². The number of halogens is 1. The summed E-state index contributed by atoms with van der Waals surface area (Å²) in [6.07, 6.45) is 1.75. The quantitative estimate of drug-likeness (QED) is 0.239. The van der Waals surface area contributed by atoms with Crippen LogP contribution >= 0.6 is 23.5 Å². The van der Waals surface area contributed by atoms with Crippen molar-refractivity contribution in [1.29, 1.82) is 0 Å². The van der Waals surface area contributed by atoms with Crippen LogP contribution in [0.3, 0.4) is 0 Å². The molecular formula is C27H25FN4O6S2. The Hall–Kier alpha value is -3.52. The second-order valence-electron chi connectivity index (χ2n) is 9.02. The van der Waals surface area contributed by atoms with E-state index >= 15 is 4.39 Å². The minimum atomic E-state index is -2.73. The number of fused-ring (bicyclic) bond motifs is 1. The average Bonchev–Trinajstić information content (AvgIpc) is 3.49. The molecule has 13 heteroatoms. The molecule has 0 radical (unpaired) electrons. The van der Waals surface area contributed by atoms with Crippen molar-refractivity contribution in [2.24, 2.45) is 0 Å². The van der Waals surface area contributed by atoms with Crippen molar-refractivity contribution >= 4 is 41.1 Å². The summed E-state index contributed by atoms with van der Waals surface area (Å²) in [7, 11) is 0. The normalized spacial score (nSPS) is 24.2. The third-order valence-corrected chi connectivity index (χ3v) is 7.72. The minimum absolute atomic E-state index is 0.141. The fraction of sp³-hybridized carbons (Fsp3) is 0.296. The van der Waals surface area contributed by atoms with Gasteiger partial charge in [0, 0.05) is 0 Å². The largest absolute Gasteiger partial charge is 0.459 e. The first-order valence-electron chi connectivity index (χ1n) is 12.1. The van der Waals surface area contributed by atoms with Gasteiger partial charge in [-0.2, -0.15) is 0 Å². The Bertz CT molecular complexity index is 1540. The number of alkyl halides is 1. The Morgan fingerprint density at radius 3 is 2.27 bits per heavy atom. The van der Waals surface area contributed by atoms with Crippen molar-refractivity contribution in [2.45, 2.75) is 40.8 Å². The van der Waals surface area contributed by atoms with E-state index in [4.69, 9.17) is 14.2 Å². The predicted octanol–water partition coefficient (Wildman–Crippen LogP) is 3.92. The Morgan fingerprint density at radius 1 is 1.05 bits per heavy atom. The van der Waals surface area contributed by atoms with Crippen molar-refractivity contribution in [2.75, 3.05) is 19.1 Å². The molecular weight excluding hydrogens is 559 g/mol. The van der Waals surface area contributed by atoms with Gasteiger partial charge in [0.25, 0.3) is 5.79 Å². The first kappa shape index (κ1) is 28.0. The third-order valence-electron chi connectivity index (χ3n) is 6.52. The van der Waals surface area contributed by atoms with E-state index in [1.807, 2.05) is 0 Å². The summed E-state index contributed by atoms with van der Waals surface area (Å²) in [4.78, 5) is 34.3. The zero-order valence-corrected chi connectivity index (χ0v) is 23.3. The van der Waals surface area contributed by atoms with E-state index in [0.29, 0.717) is 10.2 Å². The van der Waals surface area contributed by atoms with Crippen molar-refractivity contribution in [3.8, 4) is 0 Å². The highest BCUT2D eigenvalue weighted by Gasteiger charge is 2.68. The lowest BCUT2D eigenvalue weighted by Gasteiger charge is -2.32. The monoisotopic (exact) mass is 584 g/mol. The van der Waals surface area contributed by atoms with Crippen molar-refractivity contribution in [3.05, 3.63) is 83.7 Å². The highest BCUT2D eigenvalue weighted by molar-refractivity contribution is 7.99. The molecule has 0 bridgehead atoms. The van der Waals surface area contributed by atoms with Crippen LogP contribution in [0.25, 0.3) is 5.65 Å². The highest BCUT2D eigenvalue weighted by Crippen LogP contribution is 2.49. The SMILES string of the molecule is CSc1nc(SC)c2ncc([C@]3(O)O[C@H](COC(=O)c4ccccc4)[C@@H](OC(=O)c4ccccc4)[C@@]3(C)F)n2n1. The van der Waals surface area contributed by atoms with E-state index in [1.54, 1.807) is 61.0 Å². The number of thioether (sulfide) groups is 2. The summed E-state index contributed by atoms with van der Waals surface area (Å²) in [6.45, 7) is 0.542. The number of aliphatic hydroxyl groups is 1. The van der Waals surface area contributed by atoms with Gasteiger partial charge in [-0.05, 0) is 43.7 Å². The van der Waals surface area contributed by atoms with Crippen LogP contribution in [-0.2, 0) is 20.0 Å². The van der Waals surface area contributed by atoms with Gasteiger partial charge in [0.1, 0.15) is 23.4 Å². The summed E-state index contributed by atoms with van der Waals surface area (Å²) >= 11 is 2.56. The molecule has 1 N–H and O–H groups in total. The first-order chi connectivity index (χ1) is 19.2. The Kier molecular flexibility index (Phi) is 7.82. The standard InChI is InChI=1S/C27H25FN4O6S2/c1-26(28)20(37-24(34)17-12-8-5-9-13-17)18(15-36-23(33)16-10-6-4-7-11-16)38-27(26,35)19-14-29-21-22(39-2)30-25(40-3)31-32(19)21/h4-14,18,20,35H,15H2,1-3H3/t18-,20-,26-,27+/m1/s1. The fourth-order valence-electron chi connectivity index (χ4n) is 4.42. The maximum atomic E-state index is 16.9. The summed E-state index contributed by atoms with van der Waals surface area (Å²) in [5.74, 6) is -4.22. The van der Waals surface area contributed by atoms with E-state index in [-0.39, 0.29) is 22.5 Å². The zero-order chi connectivity index (χ0) is 28.5. The van der Waals surface area contributed by atoms with Gasteiger partial charge in [-0.25, -0.2) is 28.5 Å². The molecule has 0 unspecified atom stereocenters. The molecule has 4 atom stereocenters. The molecule has 0 aliphatic carbocycles. The maximum absolute atomic E-state index is 16.9. The smallest absolute Gasteiger partial charge is 0.338 e. The molecule has 3 heterocycles. The molecule has 1 aliphatic heterocycles. The van der Waals surface area contributed by atoms with E-state index in [1.165, 1.54) is 46.4 Å². The number of benzene rings is 2. The number of nitrogens with zero attached hydrogens (tertiary/aromatic N) is 4. The van der Waals surface area contributed by atoms with E-state index in [0.717, 1.165) is 6.92 Å². The van der Waals surface area contributed by atoms with Crippen LogP contribution in [0.2, 0.25) is 0 Å². The van der Waals surface area contributed by atoms with Crippen LogP contribution in [-0.4, -0.2) is 73.6 Å². The molecule has 2 aromatic heterocycles. The number of esters is 2. The van der Waals surface area contributed by atoms with Crippen LogP contribution in [0.1, 0.15) is 33.3 Å². The molecule has 0 amide bonds. The minimum Gasteiger partial charge on any atom is -0.459 e. The fourth-order valence-corrected chi connectivity index (χ4v) is 5.32. The Morgan fingerprint density at radius 2 is 1.68 bits per heavy atom. The second-order valence-corrected chi connectivity index (χ2v) is 10.6. The molecule has 1 fully saturated rings. The molecule has 0 spiro atoms. The van der Waals surface area contributed by atoms with Crippen molar-refractivity contribution in [3.63, 3.8) is 0 Å². The topological polar surface area (TPSA) is 125 Å². The van der Waals surface area contributed by atoms with E-state index in [2.05, 4.69) is 15.1 Å². The molecule has 40 heavy (non-hydrogen) atoms. The average molecular weight is 585 g/mol. The van der Waals surface area contributed by atoms with Crippen molar-refractivity contribution < 1.29 is 33.3 Å². The molecule has 2 aromatic carbocycles. The summed E-state index contributed by atoms with van der Waals surface area (Å²) in [5.41, 5.74) is -2.15. The van der Waals surface area contributed by atoms with Gasteiger partial charge >= 0.3 is 11.9 Å². The molecule has 4 aromatic rings. The van der Waals surface area contributed by atoms with Gasteiger partial charge in [-0.1, -0.05) is 48.2 Å². The molecule has 5 rings (SSSR count). The number of ether oxygens (including phenoxy) is 3. The highest BCUT2D eigenvalue weighted by atomic mass is 32.2. The number of carbonyl (C=O) groups is 2.